The number of ether oxygens (including phenoxy) is 2. The lowest BCUT2D eigenvalue weighted by molar-refractivity contribution is -0.150. The highest BCUT2D eigenvalue weighted by Crippen LogP contribution is 2.39. The number of anilines is 1. The van der Waals surface area contributed by atoms with Gasteiger partial charge < -0.3 is 20.1 Å². The molecule has 0 unspecified atom stereocenters. The third-order valence-corrected chi connectivity index (χ3v) is 5.64. The molecule has 0 aliphatic carbocycles. The molecule has 2 amide bonds. The van der Waals surface area contributed by atoms with Crippen molar-refractivity contribution in [1.29, 1.82) is 0 Å². The van der Waals surface area contributed by atoms with Crippen molar-refractivity contribution in [3.8, 4) is 11.1 Å². The summed E-state index contributed by atoms with van der Waals surface area (Å²) >= 11 is 7.41. The molecule has 8 nitrogen and oxygen atoms in total. The maximum Gasteiger partial charge on any atom is 0.341 e. The molecule has 10 heteroatoms. The highest BCUT2D eigenvalue weighted by molar-refractivity contribution is 7.15. The maximum atomic E-state index is 12.6. The van der Waals surface area contributed by atoms with Gasteiger partial charge in [-0.3, -0.25) is 9.59 Å². The molecule has 1 aromatic heterocycles. The zero-order valence-electron chi connectivity index (χ0n) is 19.1. The Hall–Kier alpha value is -2.91. The molecule has 2 aromatic rings. The molecule has 0 spiro atoms. The molecular formula is C23H27ClN2O6S. The Labute approximate surface area is 201 Å². The van der Waals surface area contributed by atoms with Gasteiger partial charge in [0.05, 0.1) is 6.61 Å². The normalized spacial score (nSPS) is 11.9. The van der Waals surface area contributed by atoms with Crippen LogP contribution in [0.1, 0.15) is 45.0 Å². The summed E-state index contributed by atoms with van der Waals surface area (Å²) in [5.74, 6) is -2.33. The van der Waals surface area contributed by atoms with E-state index in [0.29, 0.717) is 16.1 Å². The van der Waals surface area contributed by atoms with Crippen molar-refractivity contribution in [3.05, 3.63) is 40.2 Å². The number of amides is 2. The molecular weight excluding hydrogens is 468 g/mol. The SMILES string of the molecule is CCOC(=O)c1c(-c2ccccc2Cl)csc1NC(=O)COC(=O)[C@@H](C)NC(=O)C(C)(C)C. The van der Waals surface area contributed by atoms with Gasteiger partial charge in [-0.2, -0.15) is 0 Å². The average molecular weight is 495 g/mol. The second-order valence-electron chi connectivity index (χ2n) is 8.15. The number of esters is 2. The number of carbonyl (C=O) groups is 4. The first kappa shape index (κ1) is 26.3. The summed E-state index contributed by atoms with van der Waals surface area (Å²) in [4.78, 5) is 49.2. The number of nitrogens with one attached hydrogen (secondary N) is 2. The second-order valence-corrected chi connectivity index (χ2v) is 9.44. The maximum absolute atomic E-state index is 12.6. The first-order chi connectivity index (χ1) is 15.5. The highest BCUT2D eigenvalue weighted by atomic mass is 35.5. The van der Waals surface area contributed by atoms with E-state index in [1.165, 1.54) is 6.92 Å². The molecule has 0 aliphatic heterocycles. The first-order valence-electron chi connectivity index (χ1n) is 10.3. The lowest BCUT2D eigenvalue weighted by Crippen LogP contribution is -2.45. The molecule has 1 atom stereocenters. The molecule has 33 heavy (non-hydrogen) atoms. The number of hydrogen-bond donors (Lipinski definition) is 2. The largest absolute Gasteiger partial charge is 0.462 e. The van der Waals surface area contributed by atoms with E-state index in [4.69, 9.17) is 21.1 Å². The van der Waals surface area contributed by atoms with Crippen molar-refractivity contribution in [2.75, 3.05) is 18.5 Å². The van der Waals surface area contributed by atoms with Crippen LogP contribution in [0.5, 0.6) is 0 Å². The summed E-state index contributed by atoms with van der Waals surface area (Å²) in [5.41, 5.74) is 0.637. The molecule has 0 saturated heterocycles. The Morgan fingerprint density at radius 1 is 1.09 bits per heavy atom. The van der Waals surface area contributed by atoms with Gasteiger partial charge in [-0.05, 0) is 19.9 Å². The van der Waals surface area contributed by atoms with Crippen LogP contribution in [0.25, 0.3) is 11.1 Å². The minimum atomic E-state index is -0.923. The molecule has 2 rings (SSSR count). The smallest absolute Gasteiger partial charge is 0.341 e. The van der Waals surface area contributed by atoms with Crippen molar-refractivity contribution in [1.82, 2.24) is 5.32 Å². The summed E-state index contributed by atoms with van der Waals surface area (Å²) < 4.78 is 10.2. The van der Waals surface area contributed by atoms with E-state index in [9.17, 15) is 19.2 Å². The van der Waals surface area contributed by atoms with Crippen LogP contribution < -0.4 is 10.6 Å². The van der Waals surface area contributed by atoms with Gasteiger partial charge in [0.15, 0.2) is 6.61 Å². The van der Waals surface area contributed by atoms with Gasteiger partial charge in [-0.1, -0.05) is 50.6 Å². The summed E-state index contributed by atoms with van der Waals surface area (Å²) in [7, 11) is 0. The van der Waals surface area contributed by atoms with Crippen molar-refractivity contribution in [2.45, 2.75) is 40.7 Å². The molecule has 0 bridgehead atoms. The van der Waals surface area contributed by atoms with E-state index in [2.05, 4.69) is 10.6 Å². The summed E-state index contributed by atoms with van der Waals surface area (Å²) in [5, 5.41) is 7.52. The number of rotatable bonds is 8. The standard InChI is InChI=1S/C23H27ClN2O6S/c1-6-31-21(29)18-15(14-9-7-8-10-16(14)24)12-33-19(18)26-17(27)11-32-20(28)13(2)25-22(30)23(3,4)5/h7-10,12-13H,6,11H2,1-5H3,(H,25,30)(H,26,27)/t13-/m1/s1. The van der Waals surface area contributed by atoms with Crippen LogP contribution >= 0.6 is 22.9 Å². The van der Waals surface area contributed by atoms with Crippen LogP contribution in [0.2, 0.25) is 5.02 Å². The second kappa shape index (κ2) is 11.3. The Balaban J connectivity index is 2.11. The summed E-state index contributed by atoms with van der Waals surface area (Å²) in [6, 6.07) is 6.08. The predicted octanol–water partition coefficient (Wildman–Crippen LogP) is 4.28. The molecule has 0 saturated carbocycles. The molecule has 2 N–H and O–H groups in total. The molecule has 1 heterocycles. The summed E-state index contributed by atoms with van der Waals surface area (Å²) in [6.07, 6.45) is 0. The van der Waals surface area contributed by atoms with E-state index in [1.807, 2.05) is 0 Å². The fourth-order valence-electron chi connectivity index (χ4n) is 2.63. The molecule has 0 aliphatic rings. The van der Waals surface area contributed by atoms with Gasteiger partial charge in [-0.15, -0.1) is 11.3 Å². The van der Waals surface area contributed by atoms with Crippen molar-refractivity contribution >= 4 is 51.7 Å². The summed E-state index contributed by atoms with van der Waals surface area (Å²) in [6.45, 7) is 7.86. The number of benzene rings is 1. The third kappa shape index (κ3) is 7.03. The van der Waals surface area contributed by atoms with Gasteiger partial charge >= 0.3 is 11.9 Å². The van der Waals surface area contributed by atoms with E-state index in [0.717, 1.165) is 11.3 Å². The van der Waals surface area contributed by atoms with Crippen molar-refractivity contribution < 1.29 is 28.7 Å². The van der Waals surface area contributed by atoms with Crippen LogP contribution in [-0.4, -0.2) is 43.0 Å². The predicted molar refractivity (Wildman–Crippen MR) is 127 cm³/mol. The zero-order valence-corrected chi connectivity index (χ0v) is 20.7. The van der Waals surface area contributed by atoms with Gasteiger partial charge in [0.1, 0.15) is 16.6 Å². The molecule has 0 radical (unpaired) electrons. The van der Waals surface area contributed by atoms with Gasteiger partial charge in [-0.25, -0.2) is 9.59 Å². The lowest BCUT2D eigenvalue weighted by Gasteiger charge is -2.20. The quantitative estimate of drug-likeness (QED) is 0.530. The number of hydrogen-bond acceptors (Lipinski definition) is 7. The van der Waals surface area contributed by atoms with Gasteiger partial charge in [0.2, 0.25) is 5.91 Å². The Morgan fingerprint density at radius 3 is 2.36 bits per heavy atom. The van der Waals surface area contributed by atoms with E-state index < -0.39 is 35.9 Å². The first-order valence-corrected chi connectivity index (χ1v) is 11.5. The van der Waals surface area contributed by atoms with Gasteiger partial charge in [0, 0.05) is 26.9 Å². The van der Waals surface area contributed by atoms with Crippen LogP contribution in [0.15, 0.2) is 29.6 Å². The van der Waals surface area contributed by atoms with Gasteiger partial charge in [0.25, 0.3) is 5.91 Å². The number of halogens is 1. The topological polar surface area (TPSA) is 111 Å². The Kier molecular flexibility index (Phi) is 9.01. The number of thiophene rings is 1. The van der Waals surface area contributed by atoms with Crippen LogP contribution in [-0.2, 0) is 23.9 Å². The van der Waals surface area contributed by atoms with Crippen LogP contribution in [0, 0.1) is 5.41 Å². The van der Waals surface area contributed by atoms with Crippen molar-refractivity contribution in [2.24, 2.45) is 5.41 Å². The van der Waals surface area contributed by atoms with E-state index in [1.54, 1.807) is 57.3 Å². The molecule has 1 aromatic carbocycles. The van der Waals surface area contributed by atoms with E-state index >= 15 is 0 Å². The number of carbonyl (C=O) groups excluding carboxylic acids is 4. The minimum absolute atomic E-state index is 0.153. The monoisotopic (exact) mass is 494 g/mol. The van der Waals surface area contributed by atoms with Crippen LogP contribution in [0.3, 0.4) is 0 Å². The third-order valence-electron chi connectivity index (χ3n) is 4.42. The molecule has 178 valence electrons. The Bertz CT molecular complexity index is 1040. The zero-order chi connectivity index (χ0) is 24.8. The van der Waals surface area contributed by atoms with E-state index in [-0.39, 0.29) is 23.1 Å². The average Bonchev–Trinajstić information content (AvgIpc) is 3.14. The van der Waals surface area contributed by atoms with Crippen molar-refractivity contribution in [3.63, 3.8) is 0 Å². The lowest BCUT2D eigenvalue weighted by atomic mass is 9.95. The van der Waals surface area contributed by atoms with Crippen LogP contribution in [0.4, 0.5) is 5.00 Å². The molecule has 0 fully saturated rings. The fraction of sp³-hybridized carbons (Fsp3) is 0.391. The Morgan fingerprint density at radius 2 is 1.76 bits per heavy atom. The highest BCUT2D eigenvalue weighted by Gasteiger charge is 2.27. The fourth-order valence-corrected chi connectivity index (χ4v) is 3.83. The minimum Gasteiger partial charge on any atom is -0.462 e.